The van der Waals surface area contributed by atoms with Crippen molar-refractivity contribution >= 4 is 23.2 Å². The van der Waals surface area contributed by atoms with Crippen LogP contribution in [0.5, 0.6) is 0 Å². The molecule has 7 nitrogen and oxygen atoms in total. The van der Waals surface area contributed by atoms with Gasteiger partial charge in [0.2, 0.25) is 0 Å². The fraction of sp³-hybridized carbons (Fsp3) is 0.643. The Bertz CT molecular complexity index is 566. The average molecular weight is 327 g/mol. The first-order valence-electron chi connectivity index (χ1n) is 7.26. The zero-order valence-electron chi connectivity index (χ0n) is 12.9. The van der Waals surface area contributed by atoms with E-state index in [1.165, 1.54) is 11.3 Å². The Kier molecular flexibility index (Phi) is 5.15. The molecule has 1 saturated heterocycles. The zero-order valence-corrected chi connectivity index (χ0v) is 13.7. The van der Waals surface area contributed by atoms with Crippen LogP contribution in [0.1, 0.15) is 46.7 Å². The number of nitrogens with zero attached hydrogens (tertiary/aromatic N) is 1. The molecule has 0 radical (unpaired) electrons. The second-order valence-electron chi connectivity index (χ2n) is 5.34. The van der Waals surface area contributed by atoms with Crippen LogP contribution in [0.15, 0.2) is 0 Å². The molecule has 1 aromatic heterocycles. The summed E-state index contributed by atoms with van der Waals surface area (Å²) in [6, 6.07) is -0.385. The number of thiazole rings is 1. The summed E-state index contributed by atoms with van der Waals surface area (Å²) in [6.07, 6.45) is 0.385. The van der Waals surface area contributed by atoms with E-state index in [0.29, 0.717) is 35.2 Å². The number of aryl methyl sites for hydroxylation is 1. The molecule has 0 aromatic carbocycles. The summed E-state index contributed by atoms with van der Waals surface area (Å²) in [5, 5.41) is 16.5. The lowest BCUT2D eigenvalue weighted by Crippen LogP contribution is -2.48. The molecule has 1 amide bonds. The quantitative estimate of drug-likeness (QED) is 0.682. The monoisotopic (exact) mass is 327 g/mol. The lowest BCUT2D eigenvalue weighted by atomic mass is 10.0. The SMILES string of the molecule is CCOC(=O)c1sc(C(C)NC(=O)C2(O)CCNC2)nc1C. The van der Waals surface area contributed by atoms with Crippen molar-refractivity contribution in [2.75, 3.05) is 19.7 Å². The number of carbonyl (C=O) groups excluding carboxylic acids is 2. The van der Waals surface area contributed by atoms with E-state index < -0.39 is 17.5 Å². The molecule has 2 heterocycles. The second-order valence-corrected chi connectivity index (χ2v) is 6.37. The molecule has 2 unspecified atom stereocenters. The number of aliphatic hydroxyl groups is 1. The van der Waals surface area contributed by atoms with E-state index in [1.54, 1.807) is 20.8 Å². The highest BCUT2D eigenvalue weighted by atomic mass is 32.1. The molecule has 22 heavy (non-hydrogen) atoms. The molecule has 1 aliphatic rings. The molecular weight excluding hydrogens is 306 g/mol. The van der Waals surface area contributed by atoms with Crippen molar-refractivity contribution < 1.29 is 19.4 Å². The Morgan fingerprint density at radius 2 is 2.32 bits per heavy atom. The Morgan fingerprint density at radius 1 is 1.59 bits per heavy atom. The molecule has 2 atom stereocenters. The van der Waals surface area contributed by atoms with Gasteiger partial charge in [0.1, 0.15) is 9.88 Å². The van der Waals surface area contributed by atoms with Gasteiger partial charge in [0, 0.05) is 6.54 Å². The van der Waals surface area contributed by atoms with Gasteiger partial charge in [0.05, 0.1) is 18.3 Å². The summed E-state index contributed by atoms with van der Waals surface area (Å²) in [5.74, 6) is -0.823. The van der Waals surface area contributed by atoms with Crippen LogP contribution >= 0.6 is 11.3 Å². The summed E-state index contributed by atoms with van der Waals surface area (Å²) in [5.41, 5.74) is -0.786. The molecule has 0 bridgehead atoms. The van der Waals surface area contributed by atoms with E-state index in [-0.39, 0.29) is 12.6 Å². The third-order valence-electron chi connectivity index (χ3n) is 3.55. The van der Waals surface area contributed by atoms with E-state index in [2.05, 4.69) is 15.6 Å². The van der Waals surface area contributed by atoms with Gasteiger partial charge in [0.25, 0.3) is 5.91 Å². The fourth-order valence-corrected chi connectivity index (χ4v) is 3.22. The van der Waals surface area contributed by atoms with Crippen LogP contribution in [-0.4, -0.2) is 47.3 Å². The minimum Gasteiger partial charge on any atom is -0.462 e. The smallest absolute Gasteiger partial charge is 0.350 e. The Morgan fingerprint density at radius 3 is 2.91 bits per heavy atom. The highest BCUT2D eigenvalue weighted by Crippen LogP contribution is 2.25. The van der Waals surface area contributed by atoms with E-state index in [1.807, 2.05) is 0 Å². The molecule has 1 fully saturated rings. The number of aromatic nitrogens is 1. The van der Waals surface area contributed by atoms with Gasteiger partial charge in [-0.25, -0.2) is 9.78 Å². The Hall–Kier alpha value is -1.51. The maximum Gasteiger partial charge on any atom is 0.350 e. The van der Waals surface area contributed by atoms with Crippen molar-refractivity contribution in [3.05, 3.63) is 15.6 Å². The van der Waals surface area contributed by atoms with Crippen molar-refractivity contribution in [1.29, 1.82) is 0 Å². The number of esters is 1. The molecule has 1 aliphatic heterocycles. The predicted octanol–water partition coefficient (Wildman–Crippen LogP) is 0.530. The van der Waals surface area contributed by atoms with Crippen molar-refractivity contribution in [3.8, 4) is 0 Å². The average Bonchev–Trinajstić information content (AvgIpc) is 3.06. The van der Waals surface area contributed by atoms with Crippen LogP contribution in [0.3, 0.4) is 0 Å². The van der Waals surface area contributed by atoms with Gasteiger partial charge >= 0.3 is 5.97 Å². The van der Waals surface area contributed by atoms with Gasteiger partial charge < -0.3 is 20.5 Å². The normalized spacial score (nSPS) is 22.4. The first-order valence-corrected chi connectivity index (χ1v) is 8.07. The summed E-state index contributed by atoms with van der Waals surface area (Å²) >= 11 is 1.20. The van der Waals surface area contributed by atoms with E-state index in [0.717, 1.165) is 0 Å². The minimum absolute atomic E-state index is 0.247. The van der Waals surface area contributed by atoms with Crippen LogP contribution in [0, 0.1) is 6.92 Å². The Labute approximate surface area is 133 Å². The topological polar surface area (TPSA) is 101 Å². The van der Waals surface area contributed by atoms with Gasteiger partial charge in [-0.05, 0) is 33.7 Å². The van der Waals surface area contributed by atoms with Gasteiger partial charge in [-0.15, -0.1) is 11.3 Å². The number of carbonyl (C=O) groups is 2. The van der Waals surface area contributed by atoms with Crippen LogP contribution in [0.2, 0.25) is 0 Å². The second kappa shape index (κ2) is 6.72. The van der Waals surface area contributed by atoms with Gasteiger partial charge in [-0.2, -0.15) is 0 Å². The lowest BCUT2D eigenvalue weighted by molar-refractivity contribution is -0.138. The van der Waals surface area contributed by atoms with E-state index in [4.69, 9.17) is 4.74 Å². The van der Waals surface area contributed by atoms with Crippen molar-refractivity contribution in [2.24, 2.45) is 0 Å². The van der Waals surface area contributed by atoms with E-state index in [9.17, 15) is 14.7 Å². The third kappa shape index (κ3) is 3.45. The number of hydrogen-bond acceptors (Lipinski definition) is 7. The Balaban J connectivity index is 2.06. The van der Waals surface area contributed by atoms with Crippen LogP contribution in [0.4, 0.5) is 0 Å². The molecule has 0 saturated carbocycles. The number of β-amino-alcohol motifs (C(OH)–C–C–N with tert-alkyl or cyclic N) is 1. The molecule has 1 aromatic rings. The van der Waals surface area contributed by atoms with Crippen LogP contribution in [-0.2, 0) is 9.53 Å². The zero-order chi connectivity index (χ0) is 16.3. The van der Waals surface area contributed by atoms with Crippen molar-refractivity contribution in [3.63, 3.8) is 0 Å². The summed E-state index contributed by atoms with van der Waals surface area (Å²) in [4.78, 5) is 28.7. The maximum atomic E-state index is 12.2. The van der Waals surface area contributed by atoms with Gasteiger partial charge in [0.15, 0.2) is 5.60 Å². The lowest BCUT2D eigenvalue weighted by Gasteiger charge is -2.22. The molecule has 8 heteroatoms. The highest BCUT2D eigenvalue weighted by Gasteiger charge is 2.39. The summed E-state index contributed by atoms with van der Waals surface area (Å²) in [6.45, 7) is 6.41. The first kappa shape index (κ1) is 16.9. The fourth-order valence-electron chi connectivity index (χ4n) is 2.25. The molecule has 2 rings (SSSR count). The number of hydrogen-bond donors (Lipinski definition) is 3. The predicted molar refractivity (Wildman–Crippen MR) is 81.8 cm³/mol. The van der Waals surface area contributed by atoms with E-state index >= 15 is 0 Å². The first-order chi connectivity index (χ1) is 10.4. The number of nitrogens with one attached hydrogen (secondary N) is 2. The van der Waals surface area contributed by atoms with Gasteiger partial charge in [-0.1, -0.05) is 0 Å². The highest BCUT2D eigenvalue weighted by molar-refractivity contribution is 7.13. The maximum absolute atomic E-state index is 12.2. The standard InChI is InChI=1S/C14H21N3O4S/c1-4-21-12(18)10-8(2)16-11(22-10)9(3)17-13(19)14(20)5-6-15-7-14/h9,15,20H,4-7H2,1-3H3,(H,17,19). The number of amides is 1. The molecule has 0 aliphatic carbocycles. The van der Waals surface area contributed by atoms with Crippen molar-refractivity contribution in [2.45, 2.75) is 38.8 Å². The van der Waals surface area contributed by atoms with Gasteiger partial charge in [-0.3, -0.25) is 4.79 Å². The minimum atomic E-state index is -1.37. The summed E-state index contributed by atoms with van der Waals surface area (Å²) < 4.78 is 4.98. The molecule has 3 N–H and O–H groups in total. The summed E-state index contributed by atoms with van der Waals surface area (Å²) in [7, 11) is 0. The molecular formula is C14H21N3O4S. The van der Waals surface area contributed by atoms with Crippen molar-refractivity contribution in [1.82, 2.24) is 15.6 Å². The van der Waals surface area contributed by atoms with Crippen LogP contribution < -0.4 is 10.6 Å². The van der Waals surface area contributed by atoms with Crippen LogP contribution in [0.25, 0.3) is 0 Å². The number of ether oxygens (including phenoxy) is 1. The molecule has 122 valence electrons. The third-order valence-corrected chi connectivity index (χ3v) is 4.87. The largest absolute Gasteiger partial charge is 0.462 e. The molecule has 0 spiro atoms. The number of rotatable bonds is 5.